The van der Waals surface area contributed by atoms with Gasteiger partial charge in [0, 0.05) is 6.04 Å². The van der Waals surface area contributed by atoms with Crippen molar-refractivity contribution in [3.63, 3.8) is 0 Å². The first-order valence-corrected chi connectivity index (χ1v) is 10.6. The summed E-state index contributed by atoms with van der Waals surface area (Å²) in [6.07, 6.45) is 0.387. The smallest absolute Gasteiger partial charge is 0.307 e. The minimum atomic E-state index is -1.81. The highest BCUT2D eigenvalue weighted by Crippen LogP contribution is 2.34. The molecule has 0 aliphatic carbocycles. The maximum absolute atomic E-state index is 11.7. The third-order valence-corrected chi connectivity index (χ3v) is 8.76. The van der Waals surface area contributed by atoms with Crippen LogP contribution >= 0.6 is 0 Å². The second-order valence-corrected chi connectivity index (χ2v) is 11.8. The molecular formula is C15H31NO4Si. The average molecular weight is 318 g/mol. The summed E-state index contributed by atoms with van der Waals surface area (Å²) < 4.78 is 10.00. The van der Waals surface area contributed by atoms with E-state index in [0.717, 1.165) is 0 Å². The molecule has 0 unspecified atom stereocenters. The van der Waals surface area contributed by atoms with E-state index < -0.39 is 8.24 Å². The van der Waals surface area contributed by atoms with Crippen LogP contribution in [0.2, 0.25) is 18.1 Å². The van der Waals surface area contributed by atoms with E-state index in [9.17, 15) is 9.59 Å². The number of hydrogen-bond acceptors (Lipinski definition) is 5. The van der Waals surface area contributed by atoms with Crippen molar-refractivity contribution >= 4 is 20.2 Å². The van der Waals surface area contributed by atoms with Gasteiger partial charge in [-0.05, 0) is 18.9 Å². The number of esters is 2. The summed E-state index contributed by atoms with van der Waals surface area (Å²) in [5, 5.41) is 0.120. The second kappa shape index (κ2) is 8.53. The van der Waals surface area contributed by atoms with Gasteiger partial charge in [-0.2, -0.15) is 0 Å². The summed E-state index contributed by atoms with van der Waals surface area (Å²) in [7, 11) is -1.81. The first-order chi connectivity index (χ1) is 9.53. The molecule has 0 aliphatic heterocycles. The molecule has 0 aromatic heterocycles. The van der Waals surface area contributed by atoms with Crippen LogP contribution in [0.3, 0.4) is 0 Å². The van der Waals surface area contributed by atoms with Crippen molar-refractivity contribution in [2.75, 3.05) is 13.2 Å². The Labute approximate surface area is 129 Å². The van der Waals surface area contributed by atoms with E-state index >= 15 is 0 Å². The zero-order valence-electron chi connectivity index (χ0n) is 14.5. The molecule has 0 aromatic rings. The lowest BCUT2D eigenvalue weighted by molar-refractivity contribution is -0.145. The van der Waals surface area contributed by atoms with Gasteiger partial charge < -0.3 is 14.5 Å². The maximum atomic E-state index is 11.7. The van der Waals surface area contributed by atoms with Crippen molar-refractivity contribution in [2.45, 2.75) is 71.6 Å². The predicted octanol–water partition coefficient (Wildman–Crippen LogP) is 2.86. The van der Waals surface area contributed by atoms with Crippen LogP contribution in [0.25, 0.3) is 0 Å². The summed E-state index contributed by atoms with van der Waals surface area (Å²) >= 11 is 0. The summed E-state index contributed by atoms with van der Waals surface area (Å²) in [4.78, 5) is 27.0. The Bertz CT molecular complexity index is 330. The largest absolute Gasteiger partial charge is 0.466 e. The van der Waals surface area contributed by atoms with E-state index in [1.165, 1.54) is 0 Å². The Hall–Kier alpha value is -0.883. The topological polar surface area (TPSA) is 64.6 Å². The Balaban J connectivity index is 4.87. The third-order valence-electron chi connectivity index (χ3n) is 3.88. The number of hydrogen-bond donors (Lipinski definition) is 1. The number of carbonyl (C=O) groups is 2. The lowest BCUT2D eigenvalue weighted by Crippen LogP contribution is -2.57. The van der Waals surface area contributed by atoms with Gasteiger partial charge in [-0.1, -0.05) is 33.9 Å². The maximum Gasteiger partial charge on any atom is 0.307 e. The fourth-order valence-corrected chi connectivity index (χ4v) is 3.40. The van der Waals surface area contributed by atoms with Gasteiger partial charge in [-0.15, -0.1) is 0 Å². The summed E-state index contributed by atoms with van der Waals surface area (Å²) in [6, 6.07) is -0.232. The number of ether oxygens (including phenoxy) is 2. The van der Waals surface area contributed by atoms with E-state index in [0.29, 0.717) is 13.2 Å². The van der Waals surface area contributed by atoms with Gasteiger partial charge in [0.1, 0.15) is 8.24 Å². The molecule has 21 heavy (non-hydrogen) atoms. The number of carbonyl (C=O) groups excluding carboxylic acids is 2. The van der Waals surface area contributed by atoms with Crippen LogP contribution in [0.1, 0.15) is 47.5 Å². The third kappa shape index (κ3) is 7.62. The van der Waals surface area contributed by atoms with Crippen LogP contribution in [0, 0.1) is 0 Å². The second-order valence-electron chi connectivity index (χ2n) is 6.73. The van der Waals surface area contributed by atoms with E-state index in [1.54, 1.807) is 13.8 Å². The zero-order valence-corrected chi connectivity index (χ0v) is 15.5. The molecule has 0 radical (unpaired) electrons. The lowest BCUT2D eigenvalue weighted by Gasteiger charge is -2.40. The van der Waals surface area contributed by atoms with Crippen molar-refractivity contribution in [2.24, 2.45) is 0 Å². The van der Waals surface area contributed by atoms with Crippen LogP contribution in [0.4, 0.5) is 0 Å². The SMILES string of the molecule is CCOC(=O)CC(CC(=O)OCC)N[Si](C)(C)C(C)(C)C. The van der Waals surface area contributed by atoms with Crippen LogP contribution in [0.5, 0.6) is 0 Å². The van der Waals surface area contributed by atoms with Crippen LogP contribution in [-0.4, -0.2) is 39.4 Å². The summed E-state index contributed by atoms with van der Waals surface area (Å²) in [5.41, 5.74) is 0. The minimum Gasteiger partial charge on any atom is -0.466 e. The highest BCUT2D eigenvalue weighted by Gasteiger charge is 2.38. The first kappa shape index (κ1) is 20.1. The number of rotatable bonds is 8. The molecule has 0 heterocycles. The predicted molar refractivity (Wildman–Crippen MR) is 86.6 cm³/mol. The van der Waals surface area contributed by atoms with Crippen LogP contribution in [-0.2, 0) is 19.1 Å². The van der Waals surface area contributed by atoms with E-state index in [-0.39, 0.29) is 35.9 Å². The normalized spacial score (nSPS) is 12.4. The van der Waals surface area contributed by atoms with Crippen molar-refractivity contribution in [3.05, 3.63) is 0 Å². The van der Waals surface area contributed by atoms with Gasteiger partial charge in [-0.25, -0.2) is 0 Å². The molecule has 0 aromatic carbocycles. The monoisotopic (exact) mass is 317 g/mol. The molecule has 1 N–H and O–H groups in total. The standard InChI is InChI=1S/C15H31NO4Si/c1-8-19-13(17)10-12(11-14(18)20-9-2)16-21(6,7)15(3,4)5/h12,16H,8-11H2,1-7H3. The van der Waals surface area contributed by atoms with Crippen molar-refractivity contribution in [1.29, 1.82) is 0 Å². The molecule has 124 valence electrons. The molecule has 6 heteroatoms. The van der Waals surface area contributed by atoms with Gasteiger partial charge in [0.25, 0.3) is 0 Å². The number of nitrogens with one attached hydrogen (secondary N) is 1. The van der Waals surface area contributed by atoms with Gasteiger partial charge in [0.2, 0.25) is 0 Å². The molecule has 0 saturated carbocycles. The molecule has 0 rings (SSSR count). The molecular weight excluding hydrogens is 286 g/mol. The molecule has 0 aliphatic rings. The average Bonchev–Trinajstić information content (AvgIpc) is 2.26. The minimum absolute atomic E-state index is 0.120. The molecule has 0 amide bonds. The van der Waals surface area contributed by atoms with Crippen LogP contribution < -0.4 is 4.98 Å². The Morgan fingerprint density at radius 3 is 1.67 bits per heavy atom. The molecule has 0 atom stereocenters. The van der Waals surface area contributed by atoms with E-state index in [2.05, 4.69) is 38.8 Å². The quantitative estimate of drug-likeness (QED) is 0.551. The summed E-state index contributed by atoms with van der Waals surface area (Å²) in [5.74, 6) is -0.559. The van der Waals surface area contributed by atoms with Crippen molar-refractivity contribution < 1.29 is 19.1 Å². The molecule has 0 spiro atoms. The van der Waals surface area contributed by atoms with Gasteiger partial charge >= 0.3 is 11.9 Å². The van der Waals surface area contributed by atoms with Gasteiger partial charge in [-0.3, -0.25) is 9.59 Å². The molecule has 5 nitrogen and oxygen atoms in total. The van der Waals surface area contributed by atoms with Gasteiger partial charge in [0.05, 0.1) is 26.1 Å². The Morgan fingerprint density at radius 2 is 1.38 bits per heavy atom. The van der Waals surface area contributed by atoms with E-state index in [4.69, 9.17) is 9.47 Å². The molecule has 0 fully saturated rings. The molecule has 0 bridgehead atoms. The first-order valence-electron chi connectivity index (χ1n) is 7.62. The lowest BCUT2D eigenvalue weighted by atomic mass is 10.1. The fraction of sp³-hybridized carbons (Fsp3) is 0.867. The van der Waals surface area contributed by atoms with E-state index in [1.807, 2.05) is 0 Å². The molecule has 0 saturated heterocycles. The fourth-order valence-electron chi connectivity index (χ4n) is 1.74. The summed E-state index contributed by atoms with van der Waals surface area (Å²) in [6.45, 7) is 15.2. The highest BCUT2D eigenvalue weighted by molar-refractivity contribution is 6.77. The zero-order chi connectivity index (χ0) is 16.7. The van der Waals surface area contributed by atoms with Gasteiger partial charge in [0.15, 0.2) is 0 Å². The van der Waals surface area contributed by atoms with Crippen molar-refractivity contribution in [3.8, 4) is 0 Å². The highest BCUT2D eigenvalue weighted by atomic mass is 28.3. The Kier molecular flexibility index (Phi) is 8.17. The van der Waals surface area contributed by atoms with Crippen molar-refractivity contribution in [1.82, 2.24) is 4.98 Å². The Morgan fingerprint density at radius 1 is 1.00 bits per heavy atom. The van der Waals surface area contributed by atoms with Crippen LogP contribution in [0.15, 0.2) is 0 Å².